The fourth-order valence-corrected chi connectivity index (χ4v) is 2.47. The molecule has 1 aliphatic heterocycles. The molecule has 0 spiro atoms. The van der Waals surface area contributed by atoms with Crippen molar-refractivity contribution in [3.63, 3.8) is 0 Å². The first-order chi connectivity index (χ1) is 9.63. The summed E-state index contributed by atoms with van der Waals surface area (Å²) >= 11 is 3.07. The number of rotatable bonds is 2. The highest BCUT2D eigenvalue weighted by Gasteiger charge is 2.12. The Balaban J connectivity index is 1.80. The van der Waals surface area contributed by atoms with Gasteiger partial charge in [-0.15, -0.1) is 0 Å². The van der Waals surface area contributed by atoms with E-state index in [9.17, 15) is 9.18 Å². The predicted molar refractivity (Wildman–Crippen MR) is 80.7 cm³/mol. The van der Waals surface area contributed by atoms with Crippen LogP contribution in [0.25, 0.3) is 0 Å². The van der Waals surface area contributed by atoms with Crippen LogP contribution in [-0.2, 0) is 6.42 Å². The topological polar surface area (TPSA) is 41.1 Å². The zero-order valence-corrected chi connectivity index (χ0v) is 12.1. The number of hydrogen-bond donors (Lipinski definition) is 2. The number of carbonyl (C=O) groups is 1. The molecule has 1 amide bonds. The quantitative estimate of drug-likeness (QED) is 0.876. The second kappa shape index (κ2) is 5.25. The van der Waals surface area contributed by atoms with E-state index in [4.69, 9.17) is 0 Å². The van der Waals surface area contributed by atoms with Gasteiger partial charge >= 0.3 is 0 Å². The highest BCUT2D eigenvalue weighted by Crippen LogP contribution is 2.25. The van der Waals surface area contributed by atoms with Crippen molar-refractivity contribution in [3.05, 3.63) is 57.8 Å². The summed E-state index contributed by atoms with van der Waals surface area (Å²) in [5, 5.41) is 6.04. The van der Waals surface area contributed by atoms with Crippen LogP contribution in [0.2, 0.25) is 0 Å². The van der Waals surface area contributed by atoms with Crippen molar-refractivity contribution in [1.82, 2.24) is 0 Å². The van der Waals surface area contributed by atoms with Crippen LogP contribution in [0.3, 0.4) is 0 Å². The number of nitrogens with one attached hydrogen (secondary N) is 2. The summed E-state index contributed by atoms with van der Waals surface area (Å²) < 4.78 is 13.8. The first-order valence-corrected chi connectivity index (χ1v) is 7.06. The summed E-state index contributed by atoms with van der Waals surface area (Å²) in [6.45, 7) is 0.921. The molecule has 2 aromatic carbocycles. The van der Waals surface area contributed by atoms with E-state index in [2.05, 4.69) is 26.6 Å². The van der Waals surface area contributed by atoms with Gasteiger partial charge in [0.1, 0.15) is 5.82 Å². The van der Waals surface area contributed by atoms with Crippen LogP contribution in [0.1, 0.15) is 15.9 Å². The van der Waals surface area contributed by atoms with E-state index in [1.807, 2.05) is 18.2 Å². The molecule has 0 unspecified atom stereocenters. The smallest absolute Gasteiger partial charge is 0.255 e. The molecule has 0 saturated carbocycles. The fraction of sp³-hybridized carbons (Fsp3) is 0.133. The van der Waals surface area contributed by atoms with E-state index in [1.165, 1.54) is 17.7 Å². The summed E-state index contributed by atoms with van der Waals surface area (Å²) in [6.07, 6.45) is 0.950. The molecule has 1 heterocycles. The Morgan fingerprint density at radius 1 is 1.25 bits per heavy atom. The zero-order chi connectivity index (χ0) is 14.1. The molecule has 0 atom stereocenters. The van der Waals surface area contributed by atoms with Crippen molar-refractivity contribution >= 4 is 33.2 Å². The van der Waals surface area contributed by atoms with Gasteiger partial charge < -0.3 is 10.6 Å². The molecule has 2 N–H and O–H groups in total. The van der Waals surface area contributed by atoms with Crippen LogP contribution in [0.5, 0.6) is 0 Å². The van der Waals surface area contributed by atoms with Crippen LogP contribution in [0.4, 0.5) is 15.8 Å². The van der Waals surface area contributed by atoms with Gasteiger partial charge in [0, 0.05) is 23.5 Å². The minimum atomic E-state index is -0.448. The van der Waals surface area contributed by atoms with E-state index in [1.54, 1.807) is 6.07 Å². The highest BCUT2D eigenvalue weighted by atomic mass is 79.9. The van der Waals surface area contributed by atoms with E-state index in [-0.39, 0.29) is 5.91 Å². The molecule has 20 heavy (non-hydrogen) atoms. The van der Waals surface area contributed by atoms with Gasteiger partial charge in [0.15, 0.2) is 0 Å². The van der Waals surface area contributed by atoms with Gasteiger partial charge in [-0.1, -0.05) is 0 Å². The van der Waals surface area contributed by atoms with Crippen LogP contribution < -0.4 is 10.6 Å². The number of benzene rings is 2. The molecular formula is C15H12BrFN2O. The Kier molecular flexibility index (Phi) is 3.44. The van der Waals surface area contributed by atoms with E-state index in [0.717, 1.165) is 24.3 Å². The molecule has 0 bridgehead atoms. The molecular weight excluding hydrogens is 323 g/mol. The molecule has 102 valence electrons. The van der Waals surface area contributed by atoms with Crippen molar-refractivity contribution < 1.29 is 9.18 Å². The maximum Gasteiger partial charge on any atom is 0.255 e. The lowest BCUT2D eigenvalue weighted by molar-refractivity contribution is 0.102. The number of hydrogen-bond acceptors (Lipinski definition) is 2. The van der Waals surface area contributed by atoms with Crippen LogP contribution in [0, 0.1) is 5.82 Å². The lowest BCUT2D eigenvalue weighted by Gasteiger charge is -2.08. The summed E-state index contributed by atoms with van der Waals surface area (Å²) in [5.41, 5.74) is 3.31. The average Bonchev–Trinajstić information content (AvgIpc) is 2.89. The standard InChI is InChI=1S/C15H12BrFN2O/c16-12-3-1-10(8-13(12)17)15(20)19-11-2-4-14-9(7-11)5-6-18-14/h1-4,7-8,18H,5-6H2,(H,19,20). The second-order valence-electron chi connectivity index (χ2n) is 4.63. The Bertz CT molecular complexity index is 688. The molecule has 2 aromatic rings. The van der Waals surface area contributed by atoms with Gasteiger partial charge in [-0.25, -0.2) is 4.39 Å². The molecule has 0 fully saturated rings. The number of anilines is 2. The van der Waals surface area contributed by atoms with E-state index < -0.39 is 5.82 Å². The van der Waals surface area contributed by atoms with Gasteiger partial charge in [-0.3, -0.25) is 4.79 Å². The van der Waals surface area contributed by atoms with Gasteiger partial charge in [-0.2, -0.15) is 0 Å². The van der Waals surface area contributed by atoms with Crippen LogP contribution in [-0.4, -0.2) is 12.5 Å². The minimum Gasteiger partial charge on any atom is -0.384 e. The molecule has 1 aliphatic rings. The van der Waals surface area contributed by atoms with Crippen molar-refractivity contribution in [3.8, 4) is 0 Å². The summed E-state index contributed by atoms with van der Waals surface area (Å²) in [4.78, 5) is 12.1. The summed E-state index contributed by atoms with van der Waals surface area (Å²) in [5.74, 6) is -0.766. The van der Waals surface area contributed by atoms with Crippen molar-refractivity contribution in [2.45, 2.75) is 6.42 Å². The summed E-state index contributed by atoms with van der Waals surface area (Å²) in [7, 11) is 0. The SMILES string of the molecule is O=C(Nc1ccc2c(c1)CCN2)c1ccc(Br)c(F)c1. The zero-order valence-electron chi connectivity index (χ0n) is 10.5. The van der Waals surface area contributed by atoms with Gasteiger partial charge in [0.25, 0.3) is 5.91 Å². The number of fused-ring (bicyclic) bond motifs is 1. The third-order valence-electron chi connectivity index (χ3n) is 3.25. The normalized spacial score (nSPS) is 12.7. The molecule has 3 nitrogen and oxygen atoms in total. The number of halogens is 2. The first-order valence-electron chi connectivity index (χ1n) is 6.27. The highest BCUT2D eigenvalue weighted by molar-refractivity contribution is 9.10. The molecule has 0 saturated heterocycles. The fourth-order valence-electron chi connectivity index (χ4n) is 2.22. The Labute approximate surface area is 124 Å². The first kappa shape index (κ1) is 13.1. The predicted octanol–water partition coefficient (Wildman–Crippen LogP) is 3.81. The van der Waals surface area contributed by atoms with Crippen molar-refractivity contribution in [2.75, 3.05) is 17.2 Å². The molecule has 5 heteroatoms. The Hall–Kier alpha value is -1.88. The molecule has 0 aliphatic carbocycles. The Morgan fingerprint density at radius 3 is 2.90 bits per heavy atom. The van der Waals surface area contributed by atoms with Crippen molar-refractivity contribution in [1.29, 1.82) is 0 Å². The maximum atomic E-state index is 13.4. The van der Waals surface area contributed by atoms with Gasteiger partial charge in [0.05, 0.1) is 4.47 Å². The van der Waals surface area contributed by atoms with Crippen molar-refractivity contribution in [2.24, 2.45) is 0 Å². The van der Waals surface area contributed by atoms with E-state index in [0.29, 0.717) is 10.0 Å². The molecule has 3 rings (SSSR count). The van der Waals surface area contributed by atoms with Gasteiger partial charge in [-0.05, 0) is 64.3 Å². The minimum absolute atomic E-state index is 0.296. The second-order valence-corrected chi connectivity index (χ2v) is 5.49. The lowest BCUT2D eigenvalue weighted by Crippen LogP contribution is -2.12. The van der Waals surface area contributed by atoms with Gasteiger partial charge in [0.2, 0.25) is 0 Å². The van der Waals surface area contributed by atoms with Crippen LogP contribution >= 0.6 is 15.9 Å². The molecule has 0 radical (unpaired) electrons. The number of carbonyl (C=O) groups excluding carboxylic acids is 1. The lowest BCUT2D eigenvalue weighted by atomic mass is 10.1. The third-order valence-corrected chi connectivity index (χ3v) is 3.90. The third kappa shape index (κ3) is 2.54. The van der Waals surface area contributed by atoms with Crippen LogP contribution in [0.15, 0.2) is 40.9 Å². The largest absolute Gasteiger partial charge is 0.384 e. The number of amides is 1. The average molecular weight is 335 g/mol. The molecule has 0 aromatic heterocycles. The maximum absolute atomic E-state index is 13.4. The Morgan fingerprint density at radius 2 is 2.10 bits per heavy atom. The van der Waals surface area contributed by atoms with E-state index >= 15 is 0 Å². The summed E-state index contributed by atoms with van der Waals surface area (Å²) in [6, 6.07) is 10.1. The monoisotopic (exact) mass is 334 g/mol.